The van der Waals surface area contributed by atoms with E-state index in [4.69, 9.17) is 0 Å². The minimum atomic E-state index is -1.30. The zero-order valence-corrected chi connectivity index (χ0v) is 17.1. The zero-order chi connectivity index (χ0) is 16.9. The fourth-order valence-electron chi connectivity index (χ4n) is 2.71. The summed E-state index contributed by atoms with van der Waals surface area (Å²) in [6.07, 6.45) is 0.169. The molecule has 4 nitrogen and oxygen atoms in total. The number of aliphatic carboxylic acids is 1. The van der Waals surface area contributed by atoms with Crippen LogP contribution in [0.5, 0.6) is 0 Å². The molecule has 3 aromatic carbocycles. The Morgan fingerprint density at radius 2 is 1.52 bits per heavy atom. The van der Waals surface area contributed by atoms with Crippen LogP contribution in [0.4, 0.5) is 0 Å². The molecule has 0 spiro atoms. The van der Waals surface area contributed by atoms with Crippen LogP contribution in [0.15, 0.2) is 72.8 Å². The number of fused-ring (bicyclic) bond motifs is 1. The van der Waals surface area contributed by atoms with Gasteiger partial charge in [-0.3, -0.25) is 4.79 Å². The van der Waals surface area contributed by atoms with Crippen molar-refractivity contribution in [2.24, 2.45) is 0 Å². The van der Waals surface area contributed by atoms with Gasteiger partial charge in [-0.25, -0.2) is 0 Å². The summed E-state index contributed by atoms with van der Waals surface area (Å²) in [5.41, 5.74) is 1.28. The maximum absolute atomic E-state index is 12.2. The Hall–Kier alpha value is -1.50. The molecule has 0 saturated heterocycles. The van der Waals surface area contributed by atoms with Crippen LogP contribution in [0.1, 0.15) is 15.9 Å². The molecule has 3 rings (SSSR count). The van der Waals surface area contributed by atoms with Crippen LogP contribution in [0.25, 0.3) is 10.8 Å². The molecule has 120 valence electrons. The van der Waals surface area contributed by atoms with Crippen LogP contribution in [0.2, 0.25) is 0 Å². The van der Waals surface area contributed by atoms with Gasteiger partial charge in [0.15, 0.2) is 0 Å². The first-order valence-corrected chi connectivity index (χ1v) is 7.68. The van der Waals surface area contributed by atoms with Crippen molar-refractivity contribution in [3.63, 3.8) is 0 Å². The number of carboxylic acids is 1. The number of carbonyl (C=O) groups is 2. The molecular weight excluding hydrogens is 341 g/mol. The summed E-state index contributed by atoms with van der Waals surface area (Å²) in [5, 5.41) is 16.0. The Morgan fingerprint density at radius 3 is 2.24 bits per heavy atom. The van der Waals surface area contributed by atoms with E-state index in [0.717, 1.165) is 16.3 Å². The van der Waals surface area contributed by atoms with Crippen molar-refractivity contribution in [1.82, 2.24) is 5.32 Å². The van der Waals surface area contributed by atoms with Crippen molar-refractivity contribution >= 4 is 22.6 Å². The van der Waals surface area contributed by atoms with Gasteiger partial charge < -0.3 is 15.2 Å². The van der Waals surface area contributed by atoms with Gasteiger partial charge in [-0.05, 0) is 34.9 Å². The number of carboxylic acid groups (broad SMARTS) is 1. The normalized spacial score (nSPS) is 11.4. The van der Waals surface area contributed by atoms with E-state index in [1.54, 1.807) is 30.3 Å². The second kappa shape index (κ2) is 9.27. The maximum Gasteiger partial charge on any atom is 1.00 e. The quantitative estimate of drug-likeness (QED) is 0.592. The first-order valence-electron chi connectivity index (χ1n) is 7.68. The van der Waals surface area contributed by atoms with Crippen LogP contribution < -0.4 is 61.8 Å². The van der Waals surface area contributed by atoms with E-state index in [1.165, 1.54) is 0 Å². The van der Waals surface area contributed by atoms with Gasteiger partial charge in [-0.2, -0.15) is 0 Å². The second-order valence-electron chi connectivity index (χ2n) is 5.55. The summed E-state index contributed by atoms with van der Waals surface area (Å²) in [6.45, 7) is 0. The fourth-order valence-corrected chi connectivity index (χ4v) is 2.71. The largest absolute Gasteiger partial charge is 1.00 e. The minimum Gasteiger partial charge on any atom is -0.548 e. The average molecular weight is 357 g/mol. The van der Waals surface area contributed by atoms with E-state index < -0.39 is 17.9 Å². The number of amides is 1. The molecule has 1 atom stereocenters. The Bertz CT molecular complexity index is 875. The van der Waals surface area contributed by atoms with Crippen LogP contribution >= 0.6 is 0 Å². The molecular formula is C20H16KNO3. The number of hydrogen-bond acceptors (Lipinski definition) is 3. The van der Waals surface area contributed by atoms with Crippen molar-refractivity contribution in [3.8, 4) is 0 Å². The first kappa shape index (κ1) is 19.8. The molecule has 0 aliphatic rings. The molecule has 1 N–H and O–H groups in total. The Morgan fingerprint density at radius 1 is 0.880 bits per heavy atom. The summed E-state index contributed by atoms with van der Waals surface area (Å²) in [4.78, 5) is 23.7. The predicted octanol–water partition coefficient (Wildman–Crippen LogP) is -1.07. The third-order valence-corrected chi connectivity index (χ3v) is 3.93. The van der Waals surface area contributed by atoms with Crippen molar-refractivity contribution in [2.75, 3.05) is 0 Å². The molecule has 0 saturated carbocycles. The maximum atomic E-state index is 12.2. The Labute approximate surface area is 188 Å². The van der Waals surface area contributed by atoms with E-state index >= 15 is 0 Å². The van der Waals surface area contributed by atoms with E-state index in [2.05, 4.69) is 5.32 Å². The molecule has 0 aliphatic heterocycles. The molecule has 3 aromatic rings. The molecule has 0 heterocycles. The Balaban J connectivity index is 0.00000225. The molecule has 25 heavy (non-hydrogen) atoms. The second-order valence-corrected chi connectivity index (χ2v) is 5.55. The van der Waals surface area contributed by atoms with Crippen molar-refractivity contribution < 1.29 is 66.1 Å². The summed E-state index contributed by atoms with van der Waals surface area (Å²) < 4.78 is 0. The van der Waals surface area contributed by atoms with Crippen molar-refractivity contribution in [1.29, 1.82) is 0 Å². The van der Waals surface area contributed by atoms with Crippen LogP contribution in [-0.4, -0.2) is 17.9 Å². The van der Waals surface area contributed by atoms with Crippen LogP contribution in [0.3, 0.4) is 0 Å². The monoisotopic (exact) mass is 357 g/mol. The number of nitrogens with one attached hydrogen (secondary N) is 1. The topological polar surface area (TPSA) is 69.2 Å². The van der Waals surface area contributed by atoms with Gasteiger partial charge in [-0.1, -0.05) is 60.7 Å². The minimum absolute atomic E-state index is 0. The molecule has 1 unspecified atom stereocenters. The summed E-state index contributed by atoms with van der Waals surface area (Å²) >= 11 is 0. The molecule has 0 bridgehead atoms. The summed E-state index contributed by atoms with van der Waals surface area (Å²) in [5.74, 6) is -1.72. The summed E-state index contributed by atoms with van der Waals surface area (Å²) in [6, 6.07) is 20.9. The van der Waals surface area contributed by atoms with Gasteiger partial charge in [0.05, 0.1) is 12.0 Å². The van der Waals surface area contributed by atoms with E-state index in [9.17, 15) is 14.7 Å². The van der Waals surface area contributed by atoms with Gasteiger partial charge >= 0.3 is 51.4 Å². The average Bonchev–Trinajstić information content (AvgIpc) is 2.62. The van der Waals surface area contributed by atoms with Crippen LogP contribution in [-0.2, 0) is 11.2 Å². The third kappa shape index (κ3) is 5.00. The number of benzene rings is 3. The van der Waals surface area contributed by atoms with E-state index in [1.807, 2.05) is 42.5 Å². The Kier molecular flexibility index (Phi) is 7.34. The first-order chi connectivity index (χ1) is 11.6. The number of rotatable bonds is 5. The molecule has 5 heteroatoms. The van der Waals surface area contributed by atoms with Crippen LogP contribution in [0, 0.1) is 0 Å². The summed E-state index contributed by atoms with van der Waals surface area (Å²) in [7, 11) is 0. The van der Waals surface area contributed by atoms with Gasteiger partial charge in [-0.15, -0.1) is 0 Å². The molecule has 0 fully saturated rings. The third-order valence-electron chi connectivity index (χ3n) is 3.93. The standard InChI is InChI=1S/C20H17NO3.K/c22-19(15-8-2-1-3-9-15)21-18(20(23)24)13-16-11-6-10-14-7-4-5-12-17(14)16;/h1-12,18H,13H2,(H,21,22)(H,23,24);/q;+1/p-1. The van der Waals surface area contributed by atoms with Gasteiger partial charge in [0.1, 0.15) is 0 Å². The molecule has 0 aliphatic carbocycles. The number of carbonyl (C=O) groups excluding carboxylic acids is 2. The van der Waals surface area contributed by atoms with Gasteiger partial charge in [0.2, 0.25) is 0 Å². The SMILES string of the molecule is O=C(NC(Cc1cccc2ccccc12)C(=O)[O-])c1ccccc1.[K+]. The van der Waals surface area contributed by atoms with E-state index in [0.29, 0.717) is 5.56 Å². The fraction of sp³-hybridized carbons (Fsp3) is 0.100. The van der Waals surface area contributed by atoms with Gasteiger partial charge in [0.25, 0.3) is 5.91 Å². The van der Waals surface area contributed by atoms with Crippen molar-refractivity contribution in [3.05, 3.63) is 83.9 Å². The number of hydrogen-bond donors (Lipinski definition) is 1. The zero-order valence-electron chi connectivity index (χ0n) is 13.9. The molecule has 0 radical (unpaired) electrons. The van der Waals surface area contributed by atoms with E-state index in [-0.39, 0.29) is 57.8 Å². The molecule has 1 amide bonds. The smallest absolute Gasteiger partial charge is 0.548 e. The van der Waals surface area contributed by atoms with Gasteiger partial charge in [0, 0.05) is 5.56 Å². The van der Waals surface area contributed by atoms with Crippen molar-refractivity contribution in [2.45, 2.75) is 12.5 Å². The molecule has 0 aromatic heterocycles. The predicted molar refractivity (Wildman–Crippen MR) is 90.4 cm³/mol.